The van der Waals surface area contributed by atoms with Gasteiger partial charge in [0.1, 0.15) is 29.7 Å². The zero-order valence-corrected chi connectivity index (χ0v) is 17.4. The van der Waals surface area contributed by atoms with Gasteiger partial charge in [0.25, 0.3) is 0 Å². The third kappa shape index (κ3) is 3.41. The number of carbonyl (C=O) groups is 1. The Bertz CT molecular complexity index is 1210. The van der Waals surface area contributed by atoms with E-state index in [1.54, 1.807) is 0 Å². The van der Waals surface area contributed by atoms with Crippen molar-refractivity contribution in [1.82, 2.24) is 24.8 Å². The second kappa shape index (κ2) is 7.13. The predicted octanol–water partition coefficient (Wildman–Crippen LogP) is 3.58. The van der Waals surface area contributed by atoms with Gasteiger partial charge in [-0.1, -0.05) is 0 Å². The van der Waals surface area contributed by atoms with E-state index in [-0.39, 0.29) is 18.0 Å². The minimum Gasteiger partial charge on any atom is -0.352 e. The van der Waals surface area contributed by atoms with Crippen LogP contribution in [0.3, 0.4) is 0 Å². The highest BCUT2D eigenvalue weighted by Crippen LogP contribution is 2.41. The Kier molecular flexibility index (Phi) is 4.40. The Morgan fingerprint density at radius 1 is 1.09 bits per heavy atom. The molecule has 33 heavy (non-hydrogen) atoms. The first-order chi connectivity index (χ1) is 15.8. The normalized spacial score (nSPS) is 26.8. The molecular weight excluding hydrogens is 440 g/mol. The Morgan fingerprint density at radius 3 is 2.42 bits per heavy atom. The van der Waals surface area contributed by atoms with Crippen molar-refractivity contribution in [3.63, 3.8) is 0 Å². The van der Waals surface area contributed by atoms with Crippen LogP contribution >= 0.6 is 0 Å². The lowest BCUT2D eigenvalue weighted by Crippen LogP contribution is -2.56. The molecule has 11 heteroatoms. The molecule has 1 aliphatic carbocycles. The number of aromatic amines is 1. The fourth-order valence-electron chi connectivity index (χ4n) is 5.10. The number of pyridine rings is 1. The number of nitrogens with zero attached hydrogens (tertiary/aromatic N) is 5. The van der Waals surface area contributed by atoms with Crippen LogP contribution in [0.4, 0.5) is 23.4 Å². The van der Waals surface area contributed by atoms with E-state index in [0.717, 1.165) is 24.3 Å². The summed E-state index contributed by atoms with van der Waals surface area (Å²) in [6.45, 7) is 1.20. The highest BCUT2D eigenvalue weighted by molar-refractivity contribution is 5.92. The van der Waals surface area contributed by atoms with Crippen molar-refractivity contribution >= 4 is 22.8 Å². The second-order valence-corrected chi connectivity index (χ2v) is 8.97. The van der Waals surface area contributed by atoms with Gasteiger partial charge in [-0.2, -0.15) is 13.2 Å². The van der Waals surface area contributed by atoms with Crippen molar-refractivity contribution in [3.8, 4) is 11.3 Å². The van der Waals surface area contributed by atoms with Crippen molar-refractivity contribution in [1.29, 1.82) is 0 Å². The number of hydrogen-bond acceptors (Lipinski definition) is 5. The maximum Gasteiger partial charge on any atom is 0.433 e. The topological polar surface area (TPSA) is 78.0 Å². The van der Waals surface area contributed by atoms with Gasteiger partial charge in [-0.05, 0) is 37.5 Å². The molecule has 3 unspecified atom stereocenters. The smallest absolute Gasteiger partial charge is 0.352 e. The van der Waals surface area contributed by atoms with Crippen LogP contribution < -0.4 is 4.90 Å². The van der Waals surface area contributed by atoms with Crippen molar-refractivity contribution < 1.29 is 22.4 Å². The van der Waals surface area contributed by atoms with Crippen molar-refractivity contribution in [2.75, 3.05) is 18.0 Å². The third-order valence-electron chi connectivity index (χ3n) is 6.84. The fourth-order valence-corrected chi connectivity index (χ4v) is 5.10. The zero-order chi connectivity index (χ0) is 22.9. The molecule has 0 spiro atoms. The van der Waals surface area contributed by atoms with Gasteiger partial charge < -0.3 is 14.8 Å². The highest BCUT2D eigenvalue weighted by atomic mass is 19.4. The number of rotatable bonds is 3. The number of carbonyl (C=O) groups excluding carboxylic acids is 1. The Morgan fingerprint density at radius 2 is 1.82 bits per heavy atom. The average molecular weight is 460 g/mol. The Hall–Kier alpha value is -3.24. The number of hydrogen-bond donors (Lipinski definition) is 1. The lowest BCUT2D eigenvalue weighted by atomic mass is 10.1. The SMILES string of the molecule is O=C(C1C[C@H]1F)N1C2CCC1CN(c1ncnc3[nH]c(-c4ccc(C(F)(F)F)nc4)cc13)C2. The van der Waals surface area contributed by atoms with Gasteiger partial charge in [0.05, 0.1) is 11.3 Å². The van der Waals surface area contributed by atoms with E-state index in [2.05, 4.69) is 24.8 Å². The molecule has 1 N–H and O–H groups in total. The second-order valence-electron chi connectivity index (χ2n) is 8.97. The molecule has 6 rings (SSSR count). The van der Waals surface area contributed by atoms with Crippen LogP contribution in [0.5, 0.6) is 0 Å². The number of amides is 1. The number of halogens is 4. The first-order valence-corrected chi connectivity index (χ1v) is 10.9. The average Bonchev–Trinajstić information content (AvgIpc) is 3.25. The quantitative estimate of drug-likeness (QED) is 0.605. The van der Waals surface area contributed by atoms with Crippen LogP contribution in [0.25, 0.3) is 22.3 Å². The van der Waals surface area contributed by atoms with Gasteiger partial charge in [0.2, 0.25) is 5.91 Å². The van der Waals surface area contributed by atoms with Gasteiger partial charge in [0.15, 0.2) is 0 Å². The number of aromatic nitrogens is 4. The van der Waals surface area contributed by atoms with E-state index in [9.17, 15) is 22.4 Å². The molecule has 3 aliphatic rings. The number of anilines is 1. The van der Waals surface area contributed by atoms with Gasteiger partial charge >= 0.3 is 6.18 Å². The monoisotopic (exact) mass is 460 g/mol. The summed E-state index contributed by atoms with van der Waals surface area (Å²) >= 11 is 0. The Balaban J connectivity index is 1.28. The van der Waals surface area contributed by atoms with Crippen LogP contribution in [-0.2, 0) is 11.0 Å². The van der Waals surface area contributed by atoms with E-state index in [0.29, 0.717) is 42.2 Å². The summed E-state index contributed by atoms with van der Waals surface area (Å²) in [4.78, 5) is 32.1. The van der Waals surface area contributed by atoms with Crippen LogP contribution in [0.2, 0.25) is 0 Å². The third-order valence-corrected chi connectivity index (χ3v) is 6.84. The summed E-state index contributed by atoms with van der Waals surface area (Å²) in [5, 5.41) is 0.748. The summed E-state index contributed by atoms with van der Waals surface area (Å²) in [5.74, 6) is 0.164. The first-order valence-electron chi connectivity index (χ1n) is 10.9. The minimum absolute atomic E-state index is 0.0200. The number of alkyl halides is 4. The number of piperazine rings is 1. The van der Waals surface area contributed by atoms with E-state index >= 15 is 0 Å². The molecule has 0 aromatic carbocycles. The lowest BCUT2D eigenvalue weighted by Gasteiger charge is -2.41. The summed E-state index contributed by atoms with van der Waals surface area (Å²) < 4.78 is 51.9. The largest absolute Gasteiger partial charge is 0.433 e. The zero-order valence-electron chi connectivity index (χ0n) is 17.4. The molecule has 2 aliphatic heterocycles. The van der Waals surface area contributed by atoms with Gasteiger partial charge in [-0.15, -0.1) is 0 Å². The molecule has 2 bridgehead atoms. The first kappa shape index (κ1) is 20.4. The van der Waals surface area contributed by atoms with Gasteiger partial charge in [0, 0.05) is 42.6 Å². The maximum atomic E-state index is 13.5. The number of H-pyrrole nitrogens is 1. The van der Waals surface area contributed by atoms with Crippen molar-refractivity contribution in [2.45, 2.75) is 43.7 Å². The van der Waals surface area contributed by atoms with Crippen LogP contribution in [-0.4, -0.2) is 62.1 Å². The number of nitrogens with one attached hydrogen (secondary N) is 1. The standard InChI is InChI=1S/C22H20F4N6O/c23-16-5-14(16)21(33)32-12-2-3-13(32)9-31(8-12)20-15-6-17(30-19(15)28-10-29-20)11-1-4-18(27-7-11)22(24,25)26/h1,4,6-7,10,12-14,16H,2-3,5,8-9H2,(H,28,29,30)/t12?,13?,14?,16-/m1/s1. The number of fused-ring (bicyclic) bond motifs is 3. The van der Waals surface area contributed by atoms with E-state index in [1.165, 1.54) is 18.6 Å². The molecule has 7 nitrogen and oxygen atoms in total. The predicted molar refractivity (Wildman–Crippen MR) is 111 cm³/mol. The van der Waals surface area contributed by atoms with E-state index in [4.69, 9.17) is 0 Å². The van der Waals surface area contributed by atoms with Gasteiger partial charge in [-0.25, -0.2) is 14.4 Å². The van der Waals surface area contributed by atoms with Crippen molar-refractivity contribution in [2.24, 2.45) is 5.92 Å². The van der Waals surface area contributed by atoms with Crippen LogP contribution in [0, 0.1) is 5.92 Å². The molecule has 0 radical (unpaired) electrons. The molecule has 3 aromatic rings. The van der Waals surface area contributed by atoms with Gasteiger partial charge in [-0.3, -0.25) is 9.78 Å². The Labute approximate surface area is 185 Å². The molecule has 3 fully saturated rings. The molecule has 2 saturated heterocycles. The molecule has 1 amide bonds. The molecule has 1 saturated carbocycles. The fraction of sp³-hybridized carbons (Fsp3) is 0.455. The lowest BCUT2D eigenvalue weighted by molar-refractivity contribution is -0.141. The molecule has 172 valence electrons. The van der Waals surface area contributed by atoms with Crippen LogP contribution in [0.1, 0.15) is 25.0 Å². The minimum atomic E-state index is -4.49. The summed E-state index contributed by atoms with van der Waals surface area (Å²) in [5.41, 5.74) is 0.718. The van der Waals surface area contributed by atoms with E-state index < -0.39 is 24.0 Å². The van der Waals surface area contributed by atoms with E-state index in [1.807, 2.05) is 11.0 Å². The molecular formula is C22H20F4N6O. The van der Waals surface area contributed by atoms with Crippen molar-refractivity contribution in [3.05, 3.63) is 36.4 Å². The van der Waals surface area contributed by atoms with Crippen LogP contribution in [0.15, 0.2) is 30.7 Å². The summed E-state index contributed by atoms with van der Waals surface area (Å²) in [7, 11) is 0. The summed E-state index contributed by atoms with van der Waals surface area (Å²) in [6, 6.07) is 4.17. The molecule has 5 heterocycles. The molecule has 4 atom stereocenters. The highest BCUT2D eigenvalue weighted by Gasteiger charge is 2.51. The summed E-state index contributed by atoms with van der Waals surface area (Å²) in [6.07, 6.45) is -0.793. The molecule has 3 aromatic heterocycles. The maximum absolute atomic E-state index is 13.5.